The summed E-state index contributed by atoms with van der Waals surface area (Å²) in [7, 11) is 5.61. The lowest BCUT2D eigenvalue weighted by atomic mass is 10.2. The predicted octanol–water partition coefficient (Wildman–Crippen LogP) is 3.42. The number of nitrogens with one attached hydrogen (secondary N) is 1. The van der Waals surface area contributed by atoms with E-state index in [0.29, 0.717) is 17.4 Å². The summed E-state index contributed by atoms with van der Waals surface area (Å²) in [5.74, 6) is 0.616. The Hall–Kier alpha value is -1.94. The highest BCUT2D eigenvalue weighted by molar-refractivity contribution is 6.31. The maximum atomic E-state index is 6.06. The van der Waals surface area contributed by atoms with Crippen molar-refractivity contribution in [2.75, 3.05) is 31.4 Å². The molecule has 0 aliphatic heterocycles. The van der Waals surface area contributed by atoms with Gasteiger partial charge in [0, 0.05) is 37.9 Å². The zero-order valence-corrected chi connectivity index (χ0v) is 12.6. The second-order valence-corrected chi connectivity index (χ2v) is 5.05. The standard InChI is InChI=1S/C15H18ClN3O/c1-19(2)14-6-5-12(16)8-13(14)17-9-11-4-7-15(20-3)18-10-11/h4-8,10,17H,9H2,1-3H3. The molecule has 0 amide bonds. The Balaban J connectivity index is 2.11. The zero-order chi connectivity index (χ0) is 14.5. The molecule has 1 aromatic heterocycles. The summed E-state index contributed by atoms with van der Waals surface area (Å²) >= 11 is 6.06. The minimum atomic E-state index is 0.616. The molecular formula is C15H18ClN3O. The molecule has 1 heterocycles. The molecule has 106 valence electrons. The first-order chi connectivity index (χ1) is 9.60. The first-order valence-corrected chi connectivity index (χ1v) is 6.67. The third-order valence-corrected chi connectivity index (χ3v) is 3.17. The number of rotatable bonds is 5. The molecule has 0 aliphatic carbocycles. The molecule has 0 unspecified atom stereocenters. The normalized spacial score (nSPS) is 10.2. The highest BCUT2D eigenvalue weighted by Crippen LogP contribution is 2.28. The van der Waals surface area contributed by atoms with Crippen molar-refractivity contribution in [2.24, 2.45) is 0 Å². The molecule has 1 N–H and O–H groups in total. The van der Waals surface area contributed by atoms with E-state index >= 15 is 0 Å². The Morgan fingerprint density at radius 1 is 1.25 bits per heavy atom. The summed E-state index contributed by atoms with van der Waals surface area (Å²) in [5, 5.41) is 4.10. The monoisotopic (exact) mass is 291 g/mol. The molecule has 20 heavy (non-hydrogen) atoms. The van der Waals surface area contributed by atoms with E-state index in [4.69, 9.17) is 16.3 Å². The van der Waals surface area contributed by atoms with E-state index in [9.17, 15) is 0 Å². The van der Waals surface area contributed by atoms with E-state index in [1.807, 2.05) is 49.3 Å². The molecule has 2 rings (SSSR count). The van der Waals surface area contributed by atoms with Crippen LogP contribution in [-0.2, 0) is 6.54 Å². The summed E-state index contributed by atoms with van der Waals surface area (Å²) in [5.41, 5.74) is 3.17. The average molecular weight is 292 g/mol. The summed E-state index contributed by atoms with van der Waals surface area (Å²) in [4.78, 5) is 6.23. The third-order valence-electron chi connectivity index (χ3n) is 2.93. The van der Waals surface area contributed by atoms with Crippen molar-refractivity contribution < 1.29 is 4.74 Å². The fourth-order valence-corrected chi connectivity index (χ4v) is 2.05. The maximum absolute atomic E-state index is 6.06. The van der Waals surface area contributed by atoms with Crippen molar-refractivity contribution in [3.05, 3.63) is 47.1 Å². The molecule has 0 saturated heterocycles. The average Bonchev–Trinajstić information content (AvgIpc) is 2.45. The van der Waals surface area contributed by atoms with Gasteiger partial charge in [0.1, 0.15) is 0 Å². The van der Waals surface area contributed by atoms with Crippen LogP contribution in [0.25, 0.3) is 0 Å². The van der Waals surface area contributed by atoms with Gasteiger partial charge in [-0.05, 0) is 23.8 Å². The van der Waals surface area contributed by atoms with Gasteiger partial charge >= 0.3 is 0 Å². The van der Waals surface area contributed by atoms with Crippen molar-refractivity contribution in [3.8, 4) is 5.88 Å². The van der Waals surface area contributed by atoms with E-state index < -0.39 is 0 Å². The number of halogens is 1. The summed E-state index contributed by atoms with van der Waals surface area (Å²) in [6, 6.07) is 9.64. The van der Waals surface area contributed by atoms with Crippen LogP contribution in [0.3, 0.4) is 0 Å². The van der Waals surface area contributed by atoms with Crippen LogP contribution in [0.4, 0.5) is 11.4 Å². The maximum Gasteiger partial charge on any atom is 0.212 e. The molecular weight excluding hydrogens is 274 g/mol. The van der Waals surface area contributed by atoms with E-state index in [-0.39, 0.29) is 0 Å². The number of aromatic nitrogens is 1. The first kappa shape index (κ1) is 14.5. The Bertz CT molecular complexity index is 570. The SMILES string of the molecule is COc1ccc(CNc2cc(Cl)ccc2N(C)C)cn1. The van der Waals surface area contributed by atoms with Crippen LogP contribution in [0.2, 0.25) is 5.02 Å². The molecule has 4 nitrogen and oxygen atoms in total. The highest BCUT2D eigenvalue weighted by atomic mass is 35.5. The Morgan fingerprint density at radius 2 is 2.05 bits per heavy atom. The largest absolute Gasteiger partial charge is 0.481 e. The Morgan fingerprint density at radius 3 is 2.65 bits per heavy atom. The van der Waals surface area contributed by atoms with Gasteiger partial charge in [-0.15, -0.1) is 0 Å². The van der Waals surface area contributed by atoms with Crippen molar-refractivity contribution in [1.82, 2.24) is 4.98 Å². The van der Waals surface area contributed by atoms with Crippen molar-refractivity contribution in [1.29, 1.82) is 0 Å². The topological polar surface area (TPSA) is 37.4 Å². The van der Waals surface area contributed by atoms with Crippen LogP contribution in [-0.4, -0.2) is 26.2 Å². The second-order valence-electron chi connectivity index (χ2n) is 4.62. The third kappa shape index (κ3) is 3.54. The Labute approximate surface area is 124 Å². The molecule has 5 heteroatoms. The van der Waals surface area contributed by atoms with E-state index in [0.717, 1.165) is 16.9 Å². The van der Waals surface area contributed by atoms with Gasteiger partial charge in [-0.1, -0.05) is 17.7 Å². The van der Waals surface area contributed by atoms with Gasteiger partial charge in [-0.2, -0.15) is 0 Å². The molecule has 2 aromatic rings. The van der Waals surface area contributed by atoms with Gasteiger partial charge in [0.2, 0.25) is 5.88 Å². The summed E-state index contributed by atoms with van der Waals surface area (Å²) in [6.45, 7) is 0.679. The van der Waals surface area contributed by atoms with Gasteiger partial charge in [-0.25, -0.2) is 4.98 Å². The van der Waals surface area contributed by atoms with Crippen LogP contribution in [0.15, 0.2) is 36.5 Å². The van der Waals surface area contributed by atoms with Crippen molar-refractivity contribution in [2.45, 2.75) is 6.54 Å². The number of ether oxygens (including phenoxy) is 1. The van der Waals surface area contributed by atoms with Crippen LogP contribution in [0, 0.1) is 0 Å². The highest BCUT2D eigenvalue weighted by Gasteiger charge is 2.05. The number of methoxy groups -OCH3 is 1. The molecule has 0 fully saturated rings. The molecule has 0 radical (unpaired) electrons. The van der Waals surface area contributed by atoms with Crippen LogP contribution >= 0.6 is 11.6 Å². The molecule has 0 spiro atoms. The lowest BCUT2D eigenvalue weighted by Gasteiger charge is -2.19. The lowest BCUT2D eigenvalue weighted by molar-refractivity contribution is 0.397. The fraction of sp³-hybridized carbons (Fsp3) is 0.267. The van der Waals surface area contributed by atoms with Crippen molar-refractivity contribution in [3.63, 3.8) is 0 Å². The molecule has 0 atom stereocenters. The molecule has 0 aliphatic rings. The van der Waals surface area contributed by atoms with Crippen molar-refractivity contribution >= 4 is 23.0 Å². The van der Waals surface area contributed by atoms with E-state index in [2.05, 4.69) is 10.3 Å². The van der Waals surface area contributed by atoms with Gasteiger partial charge in [-0.3, -0.25) is 0 Å². The number of nitrogens with zero attached hydrogens (tertiary/aromatic N) is 2. The van der Waals surface area contributed by atoms with Gasteiger partial charge in [0.15, 0.2) is 0 Å². The smallest absolute Gasteiger partial charge is 0.212 e. The fourth-order valence-electron chi connectivity index (χ4n) is 1.87. The van der Waals surface area contributed by atoms with Gasteiger partial charge in [0.25, 0.3) is 0 Å². The molecule has 1 aromatic carbocycles. The van der Waals surface area contributed by atoms with E-state index in [1.165, 1.54) is 0 Å². The number of benzene rings is 1. The summed E-state index contributed by atoms with van der Waals surface area (Å²) in [6.07, 6.45) is 1.80. The number of anilines is 2. The number of hydrogen-bond acceptors (Lipinski definition) is 4. The summed E-state index contributed by atoms with van der Waals surface area (Å²) < 4.78 is 5.04. The minimum Gasteiger partial charge on any atom is -0.481 e. The first-order valence-electron chi connectivity index (χ1n) is 6.30. The van der Waals surface area contributed by atoms with Crippen LogP contribution in [0.1, 0.15) is 5.56 Å². The lowest BCUT2D eigenvalue weighted by Crippen LogP contribution is -2.12. The van der Waals surface area contributed by atoms with Gasteiger partial charge < -0.3 is 15.0 Å². The van der Waals surface area contributed by atoms with E-state index in [1.54, 1.807) is 13.3 Å². The molecule has 0 bridgehead atoms. The van der Waals surface area contributed by atoms with Gasteiger partial charge in [0.05, 0.1) is 18.5 Å². The minimum absolute atomic E-state index is 0.616. The Kier molecular flexibility index (Phi) is 4.69. The number of pyridine rings is 1. The second kappa shape index (κ2) is 6.48. The number of hydrogen-bond donors (Lipinski definition) is 1. The predicted molar refractivity (Wildman–Crippen MR) is 83.9 cm³/mol. The zero-order valence-electron chi connectivity index (χ0n) is 11.9. The molecule has 0 saturated carbocycles. The van der Waals surface area contributed by atoms with Crippen LogP contribution < -0.4 is 15.0 Å². The quantitative estimate of drug-likeness (QED) is 0.916. The van der Waals surface area contributed by atoms with Crippen LogP contribution in [0.5, 0.6) is 5.88 Å².